The molecule has 0 aliphatic rings. The molecule has 2 rings (SSSR count). The number of hydrogen-bond donors (Lipinski definition) is 0. The van der Waals surface area contributed by atoms with Gasteiger partial charge in [0.2, 0.25) is 0 Å². The van der Waals surface area contributed by atoms with Crippen molar-refractivity contribution in [2.75, 3.05) is 0 Å². The van der Waals surface area contributed by atoms with E-state index < -0.39 is 0 Å². The van der Waals surface area contributed by atoms with Crippen LogP contribution in [0.4, 0.5) is 0 Å². The van der Waals surface area contributed by atoms with Gasteiger partial charge in [-0.3, -0.25) is 4.68 Å². The lowest BCUT2D eigenvalue weighted by Crippen LogP contribution is -1.95. The van der Waals surface area contributed by atoms with Crippen molar-refractivity contribution in [2.24, 2.45) is 0 Å². The van der Waals surface area contributed by atoms with Gasteiger partial charge in [-0.2, -0.15) is 5.10 Å². The van der Waals surface area contributed by atoms with Gasteiger partial charge in [0.15, 0.2) is 0 Å². The summed E-state index contributed by atoms with van der Waals surface area (Å²) in [4.78, 5) is 0. The zero-order valence-electron chi connectivity index (χ0n) is 8.01. The molecule has 1 heterocycles. The van der Waals surface area contributed by atoms with Crippen LogP contribution in [0.25, 0.3) is 10.9 Å². The van der Waals surface area contributed by atoms with E-state index in [4.69, 9.17) is 11.6 Å². The number of aromatic nitrogens is 2. The first-order valence-corrected chi connectivity index (χ1v) is 5.62. The van der Waals surface area contributed by atoms with Gasteiger partial charge in [0.25, 0.3) is 0 Å². The lowest BCUT2D eigenvalue weighted by atomic mass is 10.2. The molecule has 0 fully saturated rings. The second kappa shape index (κ2) is 3.55. The Balaban J connectivity index is 2.89. The van der Waals surface area contributed by atoms with Crippen LogP contribution >= 0.6 is 27.5 Å². The van der Waals surface area contributed by atoms with Crippen LogP contribution in [0.3, 0.4) is 0 Å². The van der Waals surface area contributed by atoms with Crippen molar-refractivity contribution in [3.05, 3.63) is 27.3 Å². The minimum absolute atomic E-state index is 0.756. The predicted octanol–water partition coefficient (Wildman–Crippen LogP) is 3.78. The van der Waals surface area contributed by atoms with Gasteiger partial charge in [0, 0.05) is 16.4 Å². The molecule has 1 aromatic heterocycles. The van der Waals surface area contributed by atoms with Gasteiger partial charge in [0.1, 0.15) is 0 Å². The molecule has 0 aliphatic carbocycles. The number of benzene rings is 1. The van der Waals surface area contributed by atoms with E-state index in [-0.39, 0.29) is 0 Å². The topological polar surface area (TPSA) is 17.8 Å². The fourth-order valence-electron chi connectivity index (χ4n) is 1.65. The molecule has 0 radical (unpaired) electrons. The van der Waals surface area contributed by atoms with Gasteiger partial charge >= 0.3 is 0 Å². The van der Waals surface area contributed by atoms with Gasteiger partial charge in [-0.05, 0) is 26.0 Å². The molecule has 2 aromatic rings. The van der Waals surface area contributed by atoms with Crippen molar-refractivity contribution in [3.8, 4) is 0 Å². The second-order valence-corrected chi connectivity index (χ2v) is 4.51. The van der Waals surface area contributed by atoms with Crippen LogP contribution in [-0.2, 0) is 6.54 Å². The fourth-order valence-corrected chi connectivity index (χ4v) is 2.58. The SMILES string of the molecule is CCn1nc(C)c2c(Cl)cc(Br)cc21. The Hall–Kier alpha value is -0.540. The van der Waals surface area contributed by atoms with Crippen LogP contribution in [0.15, 0.2) is 16.6 Å². The maximum atomic E-state index is 6.15. The van der Waals surface area contributed by atoms with Crippen LogP contribution in [0, 0.1) is 6.92 Å². The number of fused-ring (bicyclic) bond motifs is 1. The third kappa shape index (κ3) is 1.44. The van der Waals surface area contributed by atoms with E-state index in [2.05, 4.69) is 28.0 Å². The number of hydrogen-bond acceptors (Lipinski definition) is 1. The molecule has 0 atom stereocenters. The molecular formula is C10H10BrClN2. The molecule has 0 unspecified atom stereocenters. The summed E-state index contributed by atoms with van der Waals surface area (Å²) in [5, 5.41) is 6.23. The molecule has 0 saturated carbocycles. The maximum Gasteiger partial charge on any atom is 0.0711 e. The Morgan fingerprint density at radius 1 is 1.50 bits per heavy atom. The average molecular weight is 274 g/mol. The Morgan fingerprint density at radius 3 is 2.86 bits per heavy atom. The standard InChI is InChI=1S/C10H10BrClN2/c1-3-14-9-5-7(11)4-8(12)10(9)6(2)13-14/h4-5H,3H2,1-2H3. The molecule has 14 heavy (non-hydrogen) atoms. The Bertz CT molecular complexity index is 490. The van der Waals surface area contributed by atoms with Gasteiger partial charge in [-0.25, -0.2) is 0 Å². The molecule has 0 bridgehead atoms. The minimum Gasteiger partial charge on any atom is -0.265 e. The summed E-state index contributed by atoms with van der Waals surface area (Å²) in [5.41, 5.74) is 2.07. The number of aryl methyl sites for hydroxylation is 2. The van der Waals surface area contributed by atoms with E-state index in [0.717, 1.165) is 32.6 Å². The highest BCUT2D eigenvalue weighted by Gasteiger charge is 2.10. The minimum atomic E-state index is 0.756. The lowest BCUT2D eigenvalue weighted by Gasteiger charge is -2.00. The molecule has 74 valence electrons. The van der Waals surface area contributed by atoms with E-state index in [1.807, 2.05) is 23.7 Å². The smallest absolute Gasteiger partial charge is 0.0711 e. The summed E-state index contributed by atoms with van der Waals surface area (Å²) in [7, 11) is 0. The first kappa shape index (κ1) is 9.99. The van der Waals surface area contributed by atoms with E-state index in [9.17, 15) is 0 Å². The third-order valence-electron chi connectivity index (χ3n) is 2.24. The van der Waals surface area contributed by atoms with Crippen molar-refractivity contribution in [2.45, 2.75) is 20.4 Å². The molecule has 0 spiro atoms. The summed E-state index contributed by atoms with van der Waals surface area (Å²) in [5.74, 6) is 0. The molecule has 4 heteroatoms. The number of nitrogens with zero attached hydrogens (tertiary/aromatic N) is 2. The summed E-state index contributed by atoms with van der Waals surface area (Å²) >= 11 is 9.58. The number of halogens is 2. The van der Waals surface area contributed by atoms with Gasteiger partial charge < -0.3 is 0 Å². The van der Waals surface area contributed by atoms with Crippen LogP contribution in [0.1, 0.15) is 12.6 Å². The zero-order valence-corrected chi connectivity index (χ0v) is 10.4. The van der Waals surface area contributed by atoms with E-state index in [0.29, 0.717) is 0 Å². The average Bonchev–Trinajstić information content (AvgIpc) is 2.42. The summed E-state index contributed by atoms with van der Waals surface area (Å²) in [6, 6.07) is 3.95. The zero-order chi connectivity index (χ0) is 10.3. The van der Waals surface area contributed by atoms with Crippen LogP contribution in [0.2, 0.25) is 5.02 Å². The molecule has 0 saturated heterocycles. The predicted molar refractivity (Wildman–Crippen MR) is 62.9 cm³/mol. The third-order valence-corrected chi connectivity index (χ3v) is 3.00. The highest BCUT2D eigenvalue weighted by molar-refractivity contribution is 9.10. The van der Waals surface area contributed by atoms with Gasteiger partial charge in [-0.1, -0.05) is 27.5 Å². The van der Waals surface area contributed by atoms with Gasteiger partial charge in [0.05, 0.1) is 16.2 Å². The van der Waals surface area contributed by atoms with Crippen LogP contribution in [0.5, 0.6) is 0 Å². The number of rotatable bonds is 1. The second-order valence-electron chi connectivity index (χ2n) is 3.18. The van der Waals surface area contributed by atoms with Crippen molar-refractivity contribution >= 4 is 38.4 Å². The summed E-state index contributed by atoms with van der Waals surface area (Å²) in [6.07, 6.45) is 0. The lowest BCUT2D eigenvalue weighted by molar-refractivity contribution is 0.676. The molecular weight excluding hydrogens is 263 g/mol. The van der Waals surface area contributed by atoms with E-state index in [1.165, 1.54) is 0 Å². The molecule has 1 aromatic carbocycles. The Morgan fingerprint density at radius 2 is 2.21 bits per heavy atom. The first-order chi connectivity index (χ1) is 6.63. The normalized spacial score (nSPS) is 11.1. The Labute approximate surface area is 96.0 Å². The maximum absolute atomic E-state index is 6.15. The van der Waals surface area contributed by atoms with Crippen molar-refractivity contribution in [3.63, 3.8) is 0 Å². The largest absolute Gasteiger partial charge is 0.265 e. The summed E-state index contributed by atoms with van der Waals surface area (Å²) in [6.45, 7) is 4.91. The molecule has 0 aliphatic heterocycles. The fraction of sp³-hybridized carbons (Fsp3) is 0.300. The summed E-state index contributed by atoms with van der Waals surface area (Å²) < 4.78 is 2.95. The highest BCUT2D eigenvalue weighted by Crippen LogP contribution is 2.30. The van der Waals surface area contributed by atoms with E-state index in [1.54, 1.807) is 0 Å². The molecule has 2 nitrogen and oxygen atoms in total. The Kier molecular flexibility index (Phi) is 2.54. The first-order valence-electron chi connectivity index (χ1n) is 4.45. The van der Waals surface area contributed by atoms with Crippen molar-refractivity contribution in [1.82, 2.24) is 9.78 Å². The van der Waals surface area contributed by atoms with Crippen molar-refractivity contribution in [1.29, 1.82) is 0 Å². The van der Waals surface area contributed by atoms with E-state index >= 15 is 0 Å². The van der Waals surface area contributed by atoms with Crippen molar-refractivity contribution < 1.29 is 0 Å². The van der Waals surface area contributed by atoms with Crippen LogP contribution in [-0.4, -0.2) is 9.78 Å². The van der Waals surface area contributed by atoms with Gasteiger partial charge in [-0.15, -0.1) is 0 Å². The molecule has 0 N–H and O–H groups in total. The monoisotopic (exact) mass is 272 g/mol. The quantitative estimate of drug-likeness (QED) is 0.773. The molecule has 0 amide bonds. The van der Waals surface area contributed by atoms with Crippen LogP contribution < -0.4 is 0 Å². The highest BCUT2D eigenvalue weighted by atomic mass is 79.9.